The minimum atomic E-state index is -0.945. The van der Waals surface area contributed by atoms with Crippen LogP contribution < -0.4 is 15.4 Å². The topological polar surface area (TPSA) is 110 Å². The number of Topliss-reactive ketones (excluding diaryl/α,β-unsaturated/α-hetero) is 2. The van der Waals surface area contributed by atoms with Gasteiger partial charge in [-0.1, -0.05) is 24.3 Å². The average molecular weight is 581 g/mol. The molecule has 1 aliphatic carbocycles. The highest BCUT2D eigenvalue weighted by Crippen LogP contribution is 2.48. The highest BCUT2D eigenvalue weighted by Gasteiger charge is 2.54. The lowest BCUT2D eigenvalue weighted by molar-refractivity contribution is -0.133. The molecule has 4 aromatic rings. The Morgan fingerprint density at radius 3 is 2.28 bits per heavy atom. The number of carbonyl (C=O) groups excluding carboxylic acids is 3. The molecule has 2 fully saturated rings. The van der Waals surface area contributed by atoms with Crippen LogP contribution in [0.2, 0.25) is 0 Å². The van der Waals surface area contributed by atoms with Gasteiger partial charge in [-0.3, -0.25) is 14.4 Å². The SMILES string of the molecule is Cc1cc2ncnc(Oc3ccc(CC(=O)C4(C(=O)Cc5ccc(F)cc5)CC4)cc3)c2cc1C(=O)NC[C@H]1CCCN1. The normalized spacial score (nSPS) is 17.0. The number of aryl methyl sites for hydroxylation is 1. The molecule has 9 heteroatoms. The zero-order chi connectivity index (χ0) is 30.0. The molecule has 2 aliphatic rings. The van der Waals surface area contributed by atoms with Gasteiger partial charge in [0.2, 0.25) is 5.88 Å². The Balaban J connectivity index is 1.12. The minimum absolute atomic E-state index is 0.0973. The van der Waals surface area contributed by atoms with E-state index in [1.165, 1.54) is 18.5 Å². The summed E-state index contributed by atoms with van der Waals surface area (Å²) in [5.74, 6) is 0.121. The molecule has 0 bridgehead atoms. The lowest BCUT2D eigenvalue weighted by atomic mass is 9.88. The summed E-state index contributed by atoms with van der Waals surface area (Å²) in [5.41, 5.74) is 2.55. The van der Waals surface area contributed by atoms with Crippen LogP contribution in [0.15, 0.2) is 67.0 Å². The number of carbonyl (C=O) groups is 3. The second-order valence-electron chi connectivity index (χ2n) is 11.5. The maximum atomic E-state index is 13.2. The van der Waals surface area contributed by atoms with Gasteiger partial charge in [-0.05, 0) is 92.2 Å². The third-order valence-corrected chi connectivity index (χ3v) is 8.46. The van der Waals surface area contributed by atoms with E-state index in [0.717, 1.165) is 30.5 Å². The first-order valence-electron chi connectivity index (χ1n) is 14.7. The highest BCUT2D eigenvalue weighted by molar-refractivity contribution is 6.11. The molecule has 1 saturated heterocycles. The summed E-state index contributed by atoms with van der Waals surface area (Å²) in [6, 6.07) is 16.8. The average Bonchev–Trinajstić information content (AvgIpc) is 3.66. The Hall–Kier alpha value is -4.50. The van der Waals surface area contributed by atoms with Crippen molar-refractivity contribution in [3.8, 4) is 11.6 Å². The molecule has 43 heavy (non-hydrogen) atoms. The second kappa shape index (κ2) is 12.0. The van der Waals surface area contributed by atoms with E-state index in [2.05, 4.69) is 20.6 Å². The van der Waals surface area contributed by atoms with Crippen molar-refractivity contribution >= 4 is 28.4 Å². The van der Waals surface area contributed by atoms with Crippen LogP contribution in [0, 0.1) is 18.2 Å². The molecule has 0 radical (unpaired) electrons. The lowest BCUT2D eigenvalue weighted by Crippen LogP contribution is -2.37. The van der Waals surface area contributed by atoms with Crippen molar-refractivity contribution in [3.05, 3.63) is 95.1 Å². The van der Waals surface area contributed by atoms with Gasteiger partial charge in [-0.25, -0.2) is 14.4 Å². The Kier molecular flexibility index (Phi) is 7.99. The highest BCUT2D eigenvalue weighted by atomic mass is 19.1. The largest absolute Gasteiger partial charge is 0.438 e. The summed E-state index contributed by atoms with van der Waals surface area (Å²) in [4.78, 5) is 47.8. The summed E-state index contributed by atoms with van der Waals surface area (Å²) in [7, 11) is 0. The molecular weight excluding hydrogens is 547 g/mol. The first-order chi connectivity index (χ1) is 20.8. The molecule has 1 aliphatic heterocycles. The van der Waals surface area contributed by atoms with E-state index in [1.54, 1.807) is 42.5 Å². The molecule has 1 amide bonds. The van der Waals surface area contributed by atoms with Crippen molar-refractivity contribution in [3.63, 3.8) is 0 Å². The summed E-state index contributed by atoms with van der Waals surface area (Å²) < 4.78 is 19.3. The maximum absolute atomic E-state index is 13.2. The van der Waals surface area contributed by atoms with Gasteiger partial charge in [0.05, 0.1) is 16.3 Å². The molecule has 8 nitrogen and oxygen atoms in total. The molecule has 1 aromatic heterocycles. The van der Waals surface area contributed by atoms with Gasteiger partial charge in [-0.15, -0.1) is 0 Å². The maximum Gasteiger partial charge on any atom is 0.251 e. The van der Waals surface area contributed by atoms with Crippen LogP contribution in [0.5, 0.6) is 11.6 Å². The van der Waals surface area contributed by atoms with Gasteiger partial charge in [-0.2, -0.15) is 0 Å². The van der Waals surface area contributed by atoms with Crippen LogP contribution in [0.25, 0.3) is 10.9 Å². The quantitative estimate of drug-likeness (QED) is 0.239. The monoisotopic (exact) mass is 580 g/mol. The summed E-state index contributed by atoms with van der Waals surface area (Å²) in [6.45, 7) is 3.43. The minimum Gasteiger partial charge on any atom is -0.438 e. The molecule has 0 spiro atoms. The molecule has 0 unspecified atom stereocenters. The van der Waals surface area contributed by atoms with E-state index in [4.69, 9.17) is 4.74 Å². The van der Waals surface area contributed by atoms with E-state index in [0.29, 0.717) is 59.1 Å². The van der Waals surface area contributed by atoms with E-state index < -0.39 is 5.41 Å². The molecule has 6 rings (SSSR count). The molecular formula is C34H33FN4O4. The Labute approximate surface area is 249 Å². The Morgan fingerprint density at radius 2 is 1.65 bits per heavy atom. The number of ketones is 2. The Bertz CT molecular complexity index is 1680. The summed E-state index contributed by atoms with van der Waals surface area (Å²) in [5, 5.41) is 7.03. The predicted octanol–water partition coefficient (Wildman–Crippen LogP) is 5.06. The fourth-order valence-electron chi connectivity index (χ4n) is 5.69. The number of nitrogens with zero attached hydrogens (tertiary/aromatic N) is 2. The summed E-state index contributed by atoms with van der Waals surface area (Å²) >= 11 is 0. The van der Waals surface area contributed by atoms with E-state index >= 15 is 0 Å². The van der Waals surface area contributed by atoms with Crippen LogP contribution in [-0.4, -0.2) is 46.6 Å². The number of benzene rings is 3. The van der Waals surface area contributed by atoms with Gasteiger partial charge in [0.1, 0.15) is 17.9 Å². The standard InChI is InChI=1S/C34H33FN4O4/c1-21-15-29-28(18-27(21)32(42)37-19-25-3-2-14-36-25)33(39-20-38-29)43-26-10-6-23(7-11-26)17-31(41)34(12-13-34)30(40)16-22-4-8-24(35)9-5-22/h4-11,15,18,20,25,36H,2-3,12-14,16-17,19H2,1H3,(H,37,42)/t25-/m1/s1. The van der Waals surface area contributed by atoms with E-state index in [-0.39, 0.29) is 36.1 Å². The number of hydrogen-bond acceptors (Lipinski definition) is 7. The van der Waals surface area contributed by atoms with Crippen LogP contribution in [0.4, 0.5) is 4.39 Å². The zero-order valence-corrected chi connectivity index (χ0v) is 24.0. The second-order valence-corrected chi connectivity index (χ2v) is 11.5. The van der Waals surface area contributed by atoms with Crippen molar-refractivity contribution < 1.29 is 23.5 Å². The third kappa shape index (κ3) is 6.32. The van der Waals surface area contributed by atoms with E-state index in [9.17, 15) is 18.8 Å². The number of hydrogen-bond donors (Lipinski definition) is 2. The van der Waals surface area contributed by atoms with Crippen molar-refractivity contribution in [1.82, 2.24) is 20.6 Å². The predicted molar refractivity (Wildman–Crippen MR) is 160 cm³/mol. The van der Waals surface area contributed by atoms with Gasteiger partial charge >= 0.3 is 0 Å². The van der Waals surface area contributed by atoms with Crippen molar-refractivity contribution in [2.45, 2.75) is 51.5 Å². The number of rotatable bonds is 11. The van der Waals surface area contributed by atoms with Crippen molar-refractivity contribution in [2.75, 3.05) is 13.1 Å². The number of fused-ring (bicyclic) bond motifs is 1. The van der Waals surface area contributed by atoms with Gasteiger partial charge in [0.25, 0.3) is 5.91 Å². The molecule has 3 aromatic carbocycles. The molecule has 220 valence electrons. The molecule has 2 heterocycles. The van der Waals surface area contributed by atoms with Gasteiger partial charge in [0.15, 0.2) is 11.6 Å². The van der Waals surface area contributed by atoms with E-state index in [1.807, 2.05) is 13.0 Å². The fourth-order valence-corrected chi connectivity index (χ4v) is 5.69. The van der Waals surface area contributed by atoms with Crippen LogP contribution in [-0.2, 0) is 22.4 Å². The molecule has 2 N–H and O–H groups in total. The first-order valence-corrected chi connectivity index (χ1v) is 14.7. The summed E-state index contributed by atoms with van der Waals surface area (Å²) in [6.07, 6.45) is 4.94. The number of aromatic nitrogens is 2. The van der Waals surface area contributed by atoms with Crippen molar-refractivity contribution in [1.29, 1.82) is 0 Å². The fraction of sp³-hybridized carbons (Fsp3) is 0.324. The smallest absolute Gasteiger partial charge is 0.251 e. The third-order valence-electron chi connectivity index (χ3n) is 8.46. The van der Waals surface area contributed by atoms with Crippen LogP contribution >= 0.6 is 0 Å². The number of amides is 1. The molecule has 1 saturated carbocycles. The van der Waals surface area contributed by atoms with Crippen LogP contribution in [0.1, 0.15) is 52.7 Å². The number of ether oxygens (including phenoxy) is 1. The number of halogens is 1. The van der Waals surface area contributed by atoms with Crippen LogP contribution in [0.3, 0.4) is 0 Å². The number of nitrogens with one attached hydrogen (secondary N) is 2. The molecule has 1 atom stereocenters. The first kappa shape index (κ1) is 28.6. The van der Waals surface area contributed by atoms with Crippen molar-refractivity contribution in [2.24, 2.45) is 5.41 Å². The zero-order valence-electron chi connectivity index (χ0n) is 24.0. The lowest BCUT2D eigenvalue weighted by Gasteiger charge is -2.14. The van der Waals surface area contributed by atoms with Gasteiger partial charge < -0.3 is 15.4 Å². The van der Waals surface area contributed by atoms with Gasteiger partial charge in [0, 0.05) is 31.0 Å². The Morgan fingerprint density at radius 1 is 0.977 bits per heavy atom.